The second-order valence-electron chi connectivity index (χ2n) is 3.95. The predicted molar refractivity (Wildman–Crippen MR) is 53.6 cm³/mol. The molecule has 1 rings (SSSR count). The zero-order chi connectivity index (χ0) is 9.68. The first-order chi connectivity index (χ1) is 6.22. The lowest BCUT2D eigenvalue weighted by atomic mass is 10.1. The van der Waals surface area contributed by atoms with Crippen molar-refractivity contribution in [2.45, 2.75) is 24.9 Å². The molecule has 1 heterocycles. The van der Waals surface area contributed by atoms with E-state index in [1.807, 2.05) is 0 Å². The van der Waals surface area contributed by atoms with Gasteiger partial charge in [0.25, 0.3) is 0 Å². The first kappa shape index (κ1) is 10.9. The summed E-state index contributed by atoms with van der Waals surface area (Å²) in [5.41, 5.74) is 5.60. The maximum Gasteiger partial charge on any atom is 0.0594 e. The molecule has 4 N–H and O–H groups in total. The number of aliphatic hydroxyl groups is 1. The van der Waals surface area contributed by atoms with Crippen LogP contribution in [0.25, 0.3) is 0 Å². The van der Waals surface area contributed by atoms with Crippen molar-refractivity contribution in [2.75, 3.05) is 33.3 Å². The van der Waals surface area contributed by atoms with Crippen molar-refractivity contribution < 1.29 is 5.11 Å². The zero-order valence-corrected chi connectivity index (χ0v) is 8.37. The summed E-state index contributed by atoms with van der Waals surface area (Å²) in [6, 6.07) is 0.434. The van der Waals surface area contributed by atoms with Crippen LogP contribution in [-0.4, -0.2) is 55.4 Å². The minimum absolute atomic E-state index is 0.0650. The molecular formula is C9H21N3O. The number of aliphatic hydroxyl groups excluding tert-OH is 1. The number of likely N-dealkylation sites (tertiary alicyclic amines) is 1. The Morgan fingerprint density at radius 2 is 2.46 bits per heavy atom. The highest BCUT2D eigenvalue weighted by Gasteiger charge is 2.16. The van der Waals surface area contributed by atoms with Crippen LogP contribution in [0.1, 0.15) is 12.8 Å². The third-order valence-electron chi connectivity index (χ3n) is 2.53. The molecule has 0 aromatic rings. The minimum Gasteiger partial charge on any atom is -0.395 e. The van der Waals surface area contributed by atoms with Crippen LogP contribution < -0.4 is 11.1 Å². The smallest absolute Gasteiger partial charge is 0.0594 e. The van der Waals surface area contributed by atoms with E-state index >= 15 is 0 Å². The zero-order valence-electron chi connectivity index (χ0n) is 8.37. The molecule has 0 aromatic heterocycles. The third kappa shape index (κ3) is 4.04. The predicted octanol–water partition coefficient (Wildman–Crippen LogP) is -1.01. The molecule has 0 aliphatic carbocycles. The van der Waals surface area contributed by atoms with Gasteiger partial charge in [-0.2, -0.15) is 0 Å². The molecule has 1 aliphatic rings. The van der Waals surface area contributed by atoms with E-state index in [0.717, 1.165) is 13.1 Å². The van der Waals surface area contributed by atoms with Crippen molar-refractivity contribution in [2.24, 2.45) is 5.73 Å². The molecular weight excluding hydrogens is 166 g/mol. The lowest BCUT2D eigenvalue weighted by Crippen LogP contribution is -2.48. The highest BCUT2D eigenvalue weighted by atomic mass is 16.3. The molecule has 1 aliphatic heterocycles. The van der Waals surface area contributed by atoms with Crippen molar-refractivity contribution in [1.82, 2.24) is 10.2 Å². The molecule has 0 radical (unpaired) electrons. The van der Waals surface area contributed by atoms with E-state index in [1.54, 1.807) is 0 Å². The molecule has 1 saturated heterocycles. The van der Waals surface area contributed by atoms with Crippen LogP contribution in [0, 0.1) is 0 Å². The molecule has 4 nitrogen and oxygen atoms in total. The van der Waals surface area contributed by atoms with Gasteiger partial charge < -0.3 is 21.1 Å². The number of nitrogens with two attached hydrogens (primary N) is 1. The molecule has 0 saturated carbocycles. The topological polar surface area (TPSA) is 61.5 Å². The number of hydrogen-bond acceptors (Lipinski definition) is 4. The normalized spacial score (nSPS) is 27.5. The fraction of sp³-hybridized carbons (Fsp3) is 1.00. The van der Waals surface area contributed by atoms with Crippen molar-refractivity contribution in [3.8, 4) is 0 Å². The quantitative estimate of drug-likeness (QED) is 0.528. The SMILES string of the molecule is CN1CCCC(NCC(N)CO)C1. The maximum absolute atomic E-state index is 8.74. The Morgan fingerprint density at radius 3 is 3.08 bits per heavy atom. The average molecular weight is 187 g/mol. The lowest BCUT2D eigenvalue weighted by Gasteiger charge is -2.30. The van der Waals surface area contributed by atoms with Gasteiger partial charge in [-0.25, -0.2) is 0 Å². The van der Waals surface area contributed by atoms with Crippen LogP contribution in [0.5, 0.6) is 0 Å². The standard InChI is InChI=1S/C9H21N3O/c1-12-4-2-3-9(6-12)11-5-8(10)7-13/h8-9,11,13H,2-7,10H2,1H3. The Bertz CT molecular complexity index is 143. The minimum atomic E-state index is -0.118. The molecule has 2 atom stereocenters. The van der Waals surface area contributed by atoms with Crippen LogP contribution in [0.4, 0.5) is 0 Å². The second-order valence-corrected chi connectivity index (χ2v) is 3.95. The van der Waals surface area contributed by atoms with Gasteiger partial charge in [0.1, 0.15) is 0 Å². The van der Waals surface area contributed by atoms with Gasteiger partial charge in [-0.05, 0) is 26.4 Å². The number of rotatable bonds is 4. The van der Waals surface area contributed by atoms with E-state index in [-0.39, 0.29) is 12.6 Å². The van der Waals surface area contributed by atoms with Gasteiger partial charge in [-0.15, -0.1) is 0 Å². The van der Waals surface area contributed by atoms with E-state index in [4.69, 9.17) is 10.8 Å². The van der Waals surface area contributed by atoms with Gasteiger partial charge in [0, 0.05) is 25.2 Å². The van der Waals surface area contributed by atoms with Crippen molar-refractivity contribution >= 4 is 0 Å². The Balaban J connectivity index is 2.13. The molecule has 2 unspecified atom stereocenters. The van der Waals surface area contributed by atoms with Gasteiger partial charge in [0.15, 0.2) is 0 Å². The number of piperidine rings is 1. The summed E-state index contributed by atoms with van der Waals surface area (Å²) in [6.45, 7) is 3.08. The highest BCUT2D eigenvalue weighted by molar-refractivity contribution is 4.77. The Morgan fingerprint density at radius 1 is 1.69 bits per heavy atom. The number of hydrogen-bond donors (Lipinski definition) is 3. The first-order valence-corrected chi connectivity index (χ1v) is 5.00. The van der Waals surface area contributed by atoms with E-state index in [1.165, 1.54) is 19.4 Å². The average Bonchev–Trinajstić information content (AvgIpc) is 2.14. The van der Waals surface area contributed by atoms with E-state index < -0.39 is 0 Å². The van der Waals surface area contributed by atoms with E-state index in [9.17, 15) is 0 Å². The Hall–Kier alpha value is -0.160. The van der Waals surface area contributed by atoms with E-state index in [2.05, 4.69) is 17.3 Å². The molecule has 1 fully saturated rings. The lowest BCUT2D eigenvalue weighted by molar-refractivity contribution is 0.214. The fourth-order valence-corrected chi connectivity index (χ4v) is 1.72. The summed E-state index contributed by atoms with van der Waals surface area (Å²) >= 11 is 0. The van der Waals surface area contributed by atoms with Crippen LogP contribution in [0.2, 0.25) is 0 Å². The molecule has 13 heavy (non-hydrogen) atoms. The van der Waals surface area contributed by atoms with Crippen LogP contribution >= 0.6 is 0 Å². The maximum atomic E-state index is 8.74. The van der Waals surface area contributed by atoms with Gasteiger partial charge in [-0.1, -0.05) is 0 Å². The molecule has 0 spiro atoms. The molecule has 78 valence electrons. The summed E-state index contributed by atoms with van der Waals surface area (Å²) in [5.74, 6) is 0. The van der Waals surface area contributed by atoms with Crippen molar-refractivity contribution in [3.05, 3.63) is 0 Å². The van der Waals surface area contributed by atoms with Gasteiger partial charge in [0.2, 0.25) is 0 Å². The van der Waals surface area contributed by atoms with Gasteiger partial charge in [0.05, 0.1) is 6.61 Å². The summed E-state index contributed by atoms with van der Waals surface area (Å²) in [6.07, 6.45) is 2.48. The number of likely N-dealkylation sites (N-methyl/N-ethyl adjacent to an activating group) is 1. The molecule has 4 heteroatoms. The van der Waals surface area contributed by atoms with Crippen molar-refractivity contribution in [1.29, 1.82) is 0 Å². The van der Waals surface area contributed by atoms with Gasteiger partial charge >= 0.3 is 0 Å². The second kappa shape index (κ2) is 5.54. The van der Waals surface area contributed by atoms with Crippen LogP contribution in [0.15, 0.2) is 0 Å². The molecule has 0 aromatic carbocycles. The third-order valence-corrected chi connectivity index (χ3v) is 2.53. The van der Waals surface area contributed by atoms with Gasteiger partial charge in [-0.3, -0.25) is 0 Å². The summed E-state index contributed by atoms with van der Waals surface area (Å²) in [4.78, 5) is 2.33. The summed E-state index contributed by atoms with van der Waals surface area (Å²) in [7, 11) is 2.14. The van der Waals surface area contributed by atoms with Crippen molar-refractivity contribution in [3.63, 3.8) is 0 Å². The van der Waals surface area contributed by atoms with E-state index in [0.29, 0.717) is 6.04 Å². The fourth-order valence-electron chi connectivity index (χ4n) is 1.72. The largest absolute Gasteiger partial charge is 0.395 e. The monoisotopic (exact) mass is 187 g/mol. The summed E-state index contributed by atoms with van der Waals surface area (Å²) < 4.78 is 0. The first-order valence-electron chi connectivity index (χ1n) is 5.00. The number of nitrogens with one attached hydrogen (secondary N) is 1. The Kier molecular flexibility index (Phi) is 4.66. The number of nitrogens with zero attached hydrogens (tertiary/aromatic N) is 1. The van der Waals surface area contributed by atoms with Crippen LogP contribution in [0.3, 0.4) is 0 Å². The molecule has 0 bridgehead atoms. The Labute approximate surface area is 80.1 Å². The summed E-state index contributed by atoms with van der Waals surface area (Å²) in [5, 5.41) is 12.1. The molecule has 0 amide bonds. The van der Waals surface area contributed by atoms with Crippen LogP contribution in [-0.2, 0) is 0 Å². The highest BCUT2D eigenvalue weighted by Crippen LogP contribution is 2.07.